The van der Waals surface area contributed by atoms with Crippen LogP contribution in [0.15, 0.2) is 60.7 Å². The molecule has 0 atom stereocenters. The van der Waals surface area contributed by atoms with Crippen LogP contribution >= 0.6 is 0 Å². The number of hydrogen-bond acceptors (Lipinski definition) is 0. The highest BCUT2D eigenvalue weighted by Crippen LogP contribution is 2.12. The van der Waals surface area contributed by atoms with Crippen molar-refractivity contribution in [3.8, 4) is 0 Å². The van der Waals surface area contributed by atoms with Crippen LogP contribution in [0.25, 0.3) is 5.57 Å². The summed E-state index contributed by atoms with van der Waals surface area (Å²) in [6, 6.07) is 10.2. The van der Waals surface area contributed by atoms with Gasteiger partial charge in [0.05, 0.1) is 0 Å². The Kier molecular flexibility index (Phi) is 4.62. The van der Waals surface area contributed by atoms with E-state index < -0.39 is 0 Å². The van der Waals surface area contributed by atoms with Crippen LogP contribution in [0.2, 0.25) is 0 Å². The third kappa shape index (κ3) is 3.99. The molecule has 1 aromatic carbocycles. The van der Waals surface area contributed by atoms with E-state index >= 15 is 0 Å². The minimum absolute atomic E-state index is 1.05. The van der Waals surface area contributed by atoms with Crippen LogP contribution in [-0.2, 0) is 0 Å². The average molecular weight is 198 g/mol. The van der Waals surface area contributed by atoms with Gasteiger partial charge in [-0.05, 0) is 24.5 Å². The van der Waals surface area contributed by atoms with Gasteiger partial charge in [-0.3, -0.25) is 0 Å². The molecule has 1 aromatic rings. The summed E-state index contributed by atoms with van der Waals surface area (Å²) in [6.07, 6.45) is 7.35. The van der Waals surface area contributed by atoms with E-state index in [1.807, 2.05) is 18.2 Å². The first kappa shape index (κ1) is 11.5. The molecule has 78 valence electrons. The van der Waals surface area contributed by atoms with E-state index in [4.69, 9.17) is 0 Å². The van der Waals surface area contributed by atoms with Crippen LogP contribution in [0, 0.1) is 0 Å². The maximum atomic E-state index is 4.03. The van der Waals surface area contributed by atoms with Crippen molar-refractivity contribution in [1.29, 1.82) is 0 Å². The molecule has 0 aliphatic heterocycles. The zero-order chi connectivity index (χ0) is 11.1. The topological polar surface area (TPSA) is 0 Å². The molecular weight excluding hydrogens is 180 g/mol. The Morgan fingerprint density at radius 1 is 1.27 bits per heavy atom. The highest BCUT2D eigenvalue weighted by Gasteiger charge is 1.90. The third-order valence-electron chi connectivity index (χ3n) is 2.38. The largest absolute Gasteiger partial charge is 0.0912 e. The molecule has 0 aliphatic rings. The molecule has 0 amide bonds. The second-order valence-corrected chi connectivity index (χ2v) is 3.62. The lowest BCUT2D eigenvalue weighted by molar-refractivity contribution is 1.10. The van der Waals surface area contributed by atoms with E-state index in [0.29, 0.717) is 0 Å². The van der Waals surface area contributed by atoms with Crippen molar-refractivity contribution in [2.45, 2.75) is 20.3 Å². The molecule has 1 rings (SSSR count). The summed E-state index contributed by atoms with van der Waals surface area (Å²) < 4.78 is 0. The zero-order valence-corrected chi connectivity index (χ0v) is 9.53. The van der Waals surface area contributed by atoms with E-state index in [2.05, 4.69) is 50.8 Å². The minimum atomic E-state index is 1.05. The molecule has 0 radical (unpaired) electrons. The Bertz CT molecular complexity index is 366. The summed E-state index contributed by atoms with van der Waals surface area (Å²) in [5.41, 5.74) is 3.61. The summed E-state index contributed by atoms with van der Waals surface area (Å²) >= 11 is 0. The molecule has 15 heavy (non-hydrogen) atoms. The van der Waals surface area contributed by atoms with Crippen molar-refractivity contribution >= 4 is 5.57 Å². The number of hydrogen-bond donors (Lipinski definition) is 0. The van der Waals surface area contributed by atoms with Crippen LogP contribution in [0.3, 0.4) is 0 Å². The first-order chi connectivity index (χ1) is 7.24. The smallest absolute Gasteiger partial charge is 0.0190 e. The van der Waals surface area contributed by atoms with Gasteiger partial charge >= 0.3 is 0 Å². The standard InChI is InChI=1S/C15H18/c1-4-13(2)9-8-10-14(3)15-11-6-5-7-12-15/h5-12H,3-4H2,1-2H3/b10-8-,13-9?. The molecule has 0 nitrogen and oxygen atoms in total. The van der Waals surface area contributed by atoms with E-state index in [1.165, 1.54) is 11.1 Å². The van der Waals surface area contributed by atoms with Crippen LogP contribution in [0.5, 0.6) is 0 Å². The fraction of sp³-hybridized carbons (Fsp3) is 0.200. The molecule has 0 saturated carbocycles. The molecule has 0 unspecified atom stereocenters. The lowest BCUT2D eigenvalue weighted by Crippen LogP contribution is -1.76. The van der Waals surface area contributed by atoms with E-state index in [0.717, 1.165) is 12.0 Å². The fourth-order valence-corrected chi connectivity index (χ4v) is 1.19. The highest BCUT2D eigenvalue weighted by atomic mass is 14.0. The summed E-state index contributed by atoms with van der Waals surface area (Å²) in [6.45, 7) is 8.32. The quantitative estimate of drug-likeness (QED) is 0.620. The van der Waals surface area contributed by atoms with E-state index in [-0.39, 0.29) is 0 Å². The zero-order valence-electron chi connectivity index (χ0n) is 9.53. The monoisotopic (exact) mass is 198 g/mol. The molecule has 0 heteroatoms. The van der Waals surface area contributed by atoms with Gasteiger partial charge in [-0.15, -0.1) is 0 Å². The lowest BCUT2D eigenvalue weighted by Gasteiger charge is -1.98. The van der Waals surface area contributed by atoms with Gasteiger partial charge in [-0.2, -0.15) is 0 Å². The molecule has 0 saturated heterocycles. The van der Waals surface area contributed by atoms with E-state index in [1.54, 1.807) is 0 Å². The second kappa shape index (κ2) is 6.02. The minimum Gasteiger partial charge on any atom is -0.0912 e. The molecule has 0 aromatic heterocycles. The van der Waals surface area contributed by atoms with Crippen LogP contribution < -0.4 is 0 Å². The van der Waals surface area contributed by atoms with Gasteiger partial charge in [0.1, 0.15) is 0 Å². The second-order valence-electron chi connectivity index (χ2n) is 3.62. The van der Waals surface area contributed by atoms with Crippen molar-refractivity contribution in [2.75, 3.05) is 0 Å². The average Bonchev–Trinajstić information content (AvgIpc) is 2.29. The first-order valence-corrected chi connectivity index (χ1v) is 5.32. The number of rotatable bonds is 4. The summed E-state index contributed by atoms with van der Waals surface area (Å²) in [5, 5.41) is 0. The van der Waals surface area contributed by atoms with Crippen molar-refractivity contribution in [1.82, 2.24) is 0 Å². The predicted molar refractivity (Wildman–Crippen MR) is 68.7 cm³/mol. The molecule has 0 spiro atoms. The van der Waals surface area contributed by atoms with Gasteiger partial charge in [0.25, 0.3) is 0 Å². The normalized spacial score (nSPS) is 12.0. The van der Waals surface area contributed by atoms with Crippen molar-refractivity contribution in [3.63, 3.8) is 0 Å². The maximum absolute atomic E-state index is 4.03. The fourth-order valence-electron chi connectivity index (χ4n) is 1.19. The Labute approximate surface area is 92.6 Å². The highest BCUT2D eigenvalue weighted by molar-refractivity contribution is 5.72. The Balaban J connectivity index is 2.65. The number of allylic oxidation sites excluding steroid dienone is 5. The SMILES string of the molecule is C=C(/C=C\C=C(C)CC)c1ccccc1. The maximum Gasteiger partial charge on any atom is -0.0190 e. The van der Waals surface area contributed by atoms with Gasteiger partial charge in [-0.1, -0.05) is 67.6 Å². The molecule has 0 N–H and O–H groups in total. The van der Waals surface area contributed by atoms with Gasteiger partial charge in [0.2, 0.25) is 0 Å². The summed E-state index contributed by atoms with van der Waals surface area (Å²) in [7, 11) is 0. The van der Waals surface area contributed by atoms with E-state index in [9.17, 15) is 0 Å². The van der Waals surface area contributed by atoms with Crippen molar-refractivity contribution in [3.05, 3.63) is 66.3 Å². The molecule has 0 fully saturated rings. The van der Waals surface area contributed by atoms with Crippen molar-refractivity contribution in [2.24, 2.45) is 0 Å². The molecule has 0 bridgehead atoms. The third-order valence-corrected chi connectivity index (χ3v) is 2.38. The summed E-state index contributed by atoms with van der Waals surface area (Å²) in [4.78, 5) is 0. The lowest BCUT2D eigenvalue weighted by atomic mass is 10.1. The number of benzene rings is 1. The van der Waals surface area contributed by atoms with Crippen LogP contribution in [0.4, 0.5) is 0 Å². The Morgan fingerprint density at radius 2 is 1.93 bits per heavy atom. The van der Waals surface area contributed by atoms with Crippen molar-refractivity contribution < 1.29 is 0 Å². The molecular formula is C15H18. The van der Waals surface area contributed by atoms with Crippen LogP contribution in [0.1, 0.15) is 25.8 Å². The Hall–Kier alpha value is -1.56. The van der Waals surface area contributed by atoms with Gasteiger partial charge in [0.15, 0.2) is 0 Å². The van der Waals surface area contributed by atoms with Gasteiger partial charge in [0, 0.05) is 0 Å². The molecule has 0 aliphatic carbocycles. The summed E-state index contributed by atoms with van der Waals surface area (Å²) in [5.74, 6) is 0. The Morgan fingerprint density at radius 3 is 2.53 bits per heavy atom. The predicted octanol–water partition coefficient (Wildman–Crippen LogP) is 4.61. The molecule has 0 heterocycles. The van der Waals surface area contributed by atoms with Gasteiger partial charge < -0.3 is 0 Å². The van der Waals surface area contributed by atoms with Gasteiger partial charge in [-0.25, -0.2) is 0 Å². The first-order valence-electron chi connectivity index (χ1n) is 5.32. The van der Waals surface area contributed by atoms with Crippen LogP contribution in [-0.4, -0.2) is 0 Å².